The van der Waals surface area contributed by atoms with Gasteiger partial charge in [-0.05, 0) is 25.1 Å². The molecule has 20 heavy (non-hydrogen) atoms. The molecule has 0 aliphatic heterocycles. The van der Waals surface area contributed by atoms with Crippen molar-refractivity contribution in [2.75, 3.05) is 12.3 Å². The fourth-order valence-corrected chi connectivity index (χ4v) is 2.95. The van der Waals surface area contributed by atoms with Crippen LogP contribution < -0.4 is 5.73 Å². The number of rotatable bonds is 17. The minimum absolute atomic E-state index is 0.870. The SMILES string of the molecule is NCCCCCCCCCCCCCCCCCCS. The molecule has 0 atom stereocenters. The van der Waals surface area contributed by atoms with E-state index in [0.29, 0.717) is 0 Å². The van der Waals surface area contributed by atoms with Gasteiger partial charge in [-0.3, -0.25) is 0 Å². The molecular weight excluding hydrogens is 262 g/mol. The van der Waals surface area contributed by atoms with E-state index in [2.05, 4.69) is 12.6 Å². The smallest absolute Gasteiger partial charge is 0.00773 e. The van der Waals surface area contributed by atoms with E-state index < -0.39 is 0 Å². The van der Waals surface area contributed by atoms with Gasteiger partial charge in [0.15, 0.2) is 0 Å². The van der Waals surface area contributed by atoms with Crippen molar-refractivity contribution in [1.29, 1.82) is 0 Å². The normalized spacial score (nSPS) is 11.1. The molecule has 0 amide bonds. The van der Waals surface area contributed by atoms with Gasteiger partial charge in [0.1, 0.15) is 0 Å². The summed E-state index contributed by atoms with van der Waals surface area (Å²) >= 11 is 4.24. The van der Waals surface area contributed by atoms with E-state index in [9.17, 15) is 0 Å². The first-order chi connectivity index (χ1) is 9.91. The molecule has 2 heteroatoms. The Morgan fingerprint density at radius 1 is 0.400 bits per heavy atom. The number of unbranched alkanes of at least 4 members (excludes halogenated alkanes) is 15. The lowest BCUT2D eigenvalue weighted by atomic mass is 10.0. The number of thiol groups is 1. The number of hydrogen-bond acceptors (Lipinski definition) is 2. The summed E-state index contributed by atoms with van der Waals surface area (Å²) in [6.45, 7) is 0.870. The van der Waals surface area contributed by atoms with Crippen molar-refractivity contribution in [3.8, 4) is 0 Å². The fraction of sp³-hybridized carbons (Fsp3) is 1.00. The fourth-order valence-electron chi connectivity index (χ4n) is 2.73. The van der Waals surface area contributed by atoms with Crippen LogP contribution in [0.2, 0.25) is 0 Å². The average Bonchev–Trinajstić information content (AvgIpc) is 2.47. The lowest BCUT2D eigenvalue weighted by Gasteiger charge is -2.03. The summed E-state index contributed by atoms with van der Waals surface area (Å²) in [4.78, 5) is 0. The Hall–Kier alpha value is 0.310. The standard InChI is InChI=1S/C18H39NS/c19-17-15-13-11-9-7-5-3-1-2-4-6-8-10-12-14-16-18-20/h20H,1-19H2. The van der Waals surface area contributed by atoms with E-state index in [0.717, 1.165) is 12.3 Å². The zero-order chi connectivity index (χ0) is 14.7. The van der Waals surface area contributed by atoms with Crippen molar-refractivity contribution in [3.05, 3.63) is 0 Å². The molecule has 0 bridgehead atoms. The molecule has 122 valence electrons. The summed E-state index contributed by atoms with van der Waals surface area (Å²) in [5, 5.41) is 0. The Bertz CT molecular complexity index is 143. The molecule has 0 spiro atoms. The van der Waals surface area contributed by atoms with Gasteiger partial charge in [0.25, 0.3) is 0 Å². The highest BCUT2D eigenvalue weighted by molar-refractivity contribution is 7.80. The molecule has 0 saturated heterocycles. The topological polar surface area (TPSA) is 26.0 Å². The third-order valence-electron chi connectivity index (χ3n) is 4.11. The van der Waals surface area contributed by atoms with Crippen molar-refractivity contribution in [3.63, 3.8) is 0 Å². The van der Waals surface area contributed by atoms with Gasteiger partial charge in [-0.15, -0.1) is 0 Å². The second-order valence-corrected chi connectivity index (χ2v) is 6.62. The molecule has 1 nitrogen and oxygen atoms in total. The Morgan fingerprint density at radius 2 is 0.650 bits per heavy atom. The highest BCUT2D eigenvalue weighted by Gasteiger charge is 1.94. The van der Waals surface area contributed by atoms with Crippen molar-refractivity contribution in [1.82, 2.24) is 0 Å². The van der Waals surface area contributed by atoms with E-state index in [1.165, 1.54) is 103 Å². The van der Waals surface area contributed by atoms with E-state index in [1.54, 1.807) is 0 Å². The van der Waals surface area contributed by atoms with E-state index in [-0.39, 0.29) is 0 Å². The van der Waals surface area contributed by atoms with Crippen molar-refractivity contribution >= 4 is 12.6 Å². The van der Waals surface area contributed by atoms with Gasteiger partial charge in [-0.25, -0.2) is 0 Å². The van der Waals surface area contributed by atoms with Crippen molar-refractivity contribution in [2.24, 2.45) is 5.73 Å². The number of nitrogens with two attached hydrogens (primary N) is 1. The molecule has 0 fully saturated rings. The maximum atomic E-state index is 5.49. The van der Waals surface area contributed by atoms with Gasteiger partial charge in [-0.2, -0.15) is 12.6 Å². The molecule has 0 unspecified atom stereocenters. The van der Waals surface area contributed by atoms with Crippen molar-refractivity contribution in [2.45, 2.75) is 103 Å². The molecular formula is C18H39NS. The van der Waals surface area contributed by atoms with Gasteiger partial charge < -0.3 is 5.73 Å². The monoisotopic (exact) mass is 301 g/mol. The molecule has 0 rings (SSSR count). The summed E-state index contributed by atoms with van der Waals surface area (Å²) in [7, 11) is 0. The summed E-state index contributed by atoms with van der Waals surface area (Å²) in [5.41, 5.74) is 5.49. The van der Waals surface area contributed by atoms with Gasteiger partial charge in [0, 0.05) is 0 Å². The molecule has 2 N–H and O–H groups in total. The number of hydrogen-bond donors (Lipinski definition) is 2. The van der Waals surface area contributed by atoms with Crippen LogP contribution >= 0.6 is 12.6 Å². The van der Waals surface area contributed by atoms with Crippen molar-refractivity contribution < 1.29 is 0 Å². The molecule has 0 aromatic carbocycles. The van der Waals surface area contributed by atoms with Crippen LogP contribution in [-0.2, 0) is 0 Å². The first-order valence-electron chi connectivity index (χ1n) is 9.22. The maximum Gasteiger partial charge on any atom is -0.00773 e. The molecule has 0 aliphatic carbocycles. The van der Waals surface area contributed by atoms with Crippen LogP contribution in [0.25, 0.3) is 0 Å². The minimum atomic E-state index is 0.870. The summed E-state index contributed by atoms with van der Waals surface area (Å²) < 4.78 is 0. The second-order valence-electron chi connectivity index (χ2n) is 6.17. The van der Waals surface area contributed by atoms with E-state index in [1.807, 2.05) is 0 Å². The summed E-state index contributed by atoms with van der Waals surface area (Å²) in [5.74, 6) is 1.06. The van der Waals surface area contributed by atoms with E-state index in [4.69, 9.17) is 5.73 Å². The molecule has 0 radical (unpaired) electrons. The molecule has 0 saturated carbocycles. The van der Waals surface area contributed by atoms with E-state index >= 15 is 0 Å². The van der Waals surface area contributed by atoms with Crippen LogP contribution in [0.1, 0.15) is 103 Å². The third-order valence-corrected chi connectivity index (χ3v) is 4.43. The maximum absolute atomic E-state index is 5.49. The summed E-state index contributed by atoms with van der Waals surface area (Å²) in [6.07, 6.45) is 22.6. The molecule has 0 aliphatic rings. The Morgan fingerprint density at radius 3 is 0.900 bits per heavy atom. The first kappa shape index (κ1) is 20.3. The third kappa shape index (κ3) is 18.3. The van der Waals surface area contributed by atoms with Gasteiger partial charge in [0.05, 0.1) is 0 Å². The Balaban J connectivity index is 2.89. The average molecular weight is 302 g/mol. The van der Waals surface area contributed by atoms with Gasteiger partial charge in [0.2, 0.25) is 0 Å². The highest BCUT2D eigenvalue weighted by atomic mass is 32.1. The van der Waals surface area contributed by atoms with Crippen LogP contribution in [0.5, 0.6) is 0 Å². The molecule has 0 aromatic rings. The quantitative estimate of drug-likeness (QED) is 0.246. The minimum Gasteiger partial charge on any atom is -0.330 e. The zero-order valence-electron chi connectivity index (χ0n) is 13.8. The van der Waals surface area contributed by atoms with Crippen LogP contribution in [0, 0.1) is 0 Å². The summed E-state index contributed by atoms with van der Waals surface area (Å²) in [6, 6.07) is 0. The van der Waals surface area contributed by atoms with Gasteiger partial charge >= 0.3 is 0 Å². The zero-order valence-corrected chi connectivity index (χ0v) is 14.6. The largest absolute Gasteiger partial charge is 0.330 e. The van der Waals surface area contributed by atoms with Gasteiger partial charge in [-0.1, -0.05) is 89.9 Å². The molecule has 0 aromatic heterocycles. The lowest BCUT2D eigenvalue weighted by molar-refractivity contribution is 0.530. The van der Waals surface area contributed by atoms with Crippen LogP contribution in [0.15, 0.2) is 0 Å². The first-order valence-corrected chi connectivity index (χ1v) is 9.86. The van der Waals surface area contributed by atoms with Crippen LogP contribution in [-0.4, -0.2) is 12.3 Å². The highest BCUT2D eigenvalue weighted by Crippen LogP contribution is 2.13. The van der Waals surface area contributed by atoms with Crippen LogP contribution in [0.3, 0.4) is 0 Å². The Labute approximate surface area is 133 Å². The van der Waals surface area contributed by atoms with Crippen LogP contribution in [0.4, 0.5) is 0 Å². The Kier molecular flexibility index (Phi) is 19.6. The lowest BCUT2D eigenvalue weighted by Crippen LogP contribution is -1.97. The molecule has 0 heterocycles. The predicted molar refractivity (Wildman–Crippen MR) is 96.8 cm³/mol. The predicted octanol–water partition coefficient (Wildman–Crippen LogP) is 6.12. The second kappa shape index (κ2) is 19.3.